The molecule has 1 aliphatic rings. The van der Waals surface area contributed by atoms with Crippen LogP contribution >= 0.6 is 23.2 Å². The fourth-order valence-corrected chi connectivity index (χ4v) is 4.30. The Kier molecular flexibility index (Phi) is 4.33. The average molecular weight is 426 g/mol. The van der Waals surface area contributed by atoms with Crippen LogP contribution in [0.1, 0.15) is 25.1 Å². The van der Waals surface area contributed by atoms with Gasteiger partial charge >= 0.3 is 0 Å². The van der Waals surface area contributed by atoms with Gasteiger partial charge in [0.15, 0.2) is 0 Å². The van der Waals surface area contributed by atoms with Crippen molar-refractivity contribution >= 4 is 62.3 Å². The summed E-state index contributed by atoms with van der Waals surface area (Å²) >= 11 is 12.6. The largest absolute Gasteiger partial charge is 0.323 e. The van der Waals surface area contributed by atoms with Gasteiger partial charge in [-0.05, 0) is 49.1 Å². The van der Waals surface area contributed by atoms with Crippen molar-refractivity contribution in [2.75, 3.05) is 5.32 Å². The van der Waals surface area contributed by atoms with Crippen LogP contribution in [0.25, 0.3) is 27.5 Å². The zero-order valence-electron chi connectivity index (χ0n) is 15.6. The summed E-state index contributed by atoms with van der Waals surface area (Å²) in [5, 5.41) is 4.68. The molecule has 0 saturated heterocycles. The number of H-pyrrole nitrogens is 1. The molecule has 0 bridgehead atoms. The highest BCUT2D eigenvalue weighted by atomic mass is 35.5. The van der Waals surface area contributed by atoms with E-state index in [1.54, 1.807) is 18.2 Å². The zero-order chi connectivity index (χ0) is 20.1. The third-order valence-corrected chi connectivity index (χ3v) is 5.88. The Hall–Kier alpha value is -2.83. The standard InChI is InChI=1S/C21H17Cl2N5O/c1-28-18-15(25-21(28)26-17-12(22)7-4-8-13(17)23)10-9-14-16(18)20(29)27-19(24-14)11-5-2-3-6-11/h4-5,7-10H,2-3,6H2,1H3,(H,25,26)(H,24,27,29). The third-order valence-electron chi connectivity index (χ3n) is 5.25. The van der Waals surface area contributed by atoms with E-state index in [0.29, 0.717) is 49.4 Å². The van der Waals surface area contributed by atoms with Crippen molar-refractivity contribution in [3.8, 4) is 0 Å². The lowest BCUT2D eigenvalue weighted by molar-refractivity contribution is 0.927. The van der Waals surface area contributed by atoms with E-state index in [0.717, 1.165) is 24.8 Å². The highest BCUT2D eigenvalue weighted by molar-refractivity contribution is 6.39. The topological polar surface area (TPSA) is 75.6 Å². The minimum absolute atomic E-state index is 0.172. The van der Waals surface area contributed by atoms with Crippen LogP contribution in [0.3, 0.4) is 0 Å². The molecule has 2 aromatic heterocycles. The molecule has 4 aromatic rings. The number of halogens is 2. The maximum atomic E-state index is 13.0. The summed E-state index contributed by atoms with van der Waals surface area (Å²) in [4.78, 5) is 25.2. The van der Waals surface area contributed by atoms with Gasteiger partial charge in [-0.15, -0.1) is 0 Å². The summed E-state index contributed by atoms with van der Waals surface area (Å²) in [5.41, 5.74) is 3.54. The van der Waals surface area contributed by atoms with Crippen LogP contribution in [0.15, 0.2) is 41.2 Å². The van der Waals surface area contributed by atoms with E-state index in [2.05, 4.69) is 21.4 Å². The molecular weight excluding hydrogens is 409 g/mol. The Morgan fingerprint density at radius 1 is 1.10 bits per heavy atom. The first-order valence-corrected chi connectivity index (χ1v) is 10.1. The molecule has 2 aromatic carbocycles. The molecule has 0 fully saturated rings. The number of benzene rings is 2. The highest BCUT2D eigenvalue weighted by Crippen LogP contribution is 2.34. The molecule has 1 aliphatic carbocycles. The number of imidazole rings is 1. The van der Waals surface area contributed by atoms with Crippen LogP contribution in [0.2, 0.25) is 10.0 Å². The van der Waals surface area contributed by atoms with Crippen LogP contribution in [0.5, 0.6) is 0 Å². The van der Waals surface area contributed by atoms with E-state index >= 15 is 0 Å². The molecule has 0 unspecified atom stereocenters. The molecule has 0 atom stereocenters. The van der Waals surface area contributed by atoms with Crippen LogP contribution < -0.4 is 10.9 Å². The number of allylic oxidation sites excluding steroid dienone is 2. The quantitative estimate of drug-likeness (QED) is 0.458. The minimum Gasteiger partial charge on any atom is -0.323 e. The molecule has 146 valence electrons. The van der Waals surface area contributed by atoms with E-state index in [1.807, 2.05) is 23.7 Å². The number of para-hydroxylation sites is 1. The van der Waals surface area contributed by atoms with Gasteiger partial charge in [0.2, 0.25) is 5.95 Å². The van der Waals surface area contributed by atoms with Gasteiger partial charge in [0.05, 0.1) is 37.7 Å². The maximum Gasteiger partial charge on any atom is 0.261 e. The number of rotatable bonds is 3. The SMILES string of the molecule is Cn1c(Nc2c(Cl)cccc2Cl)nc2ccc3nc(C4=CCCC4)[nH]c(=O)c3c21. The van der Waals surface area contributed by atoms with Crippen molar-refractivity contribution in [1.82, 2.24) is 19.5 Å². The highest BCUT2D eigenvalue weighted by Gasteiger charge is 2.18. The van der Waals surface area contributed by atoms with Crippen molar-refractivity contribution in [3.05, 3.63) is 62.6 Å². The Morgan fingerprint density at radius 2 is 1.86 bits per heavy atom. The number of anilines is 2. The van der Waals surface area contributed by atoms with E-state index in [-0.39, 0.29) is 5.56 Å². The second kappa shape index (κ2) is 6.90. The van der Waals surface area contributed by atoms with Crippen LogP contribution in [-0.2, 0) is 7.05 Å². The van der Waals surface area contributed by atoms with Gasteiger partial charge < -0.3 is 14.9 Å². The van der Waals surface area contributed by atoms with Crippen LogP contribution in [0.4, 0.5) is 11.6 Å². The predicted octanol–water partition coefficient (Wildman–Crippen LogP) is 5.43. The normalized spacial score (nSPS) is 14.0. The van der Waals surface area contributed by atoms with Crippen LogP contribution in [-0.4, -0.2) is 19.5 Å². The minimum atomic E-state index is -0.172. The summed E-state index contributed by atoms with van der Waals surface area (Å²) in [6.45, 7) is 0. The van der Waals surface area contributed by atoms with Crippen LogP contribution in [0, 0.1) is 0 Å². The Morgan fingerprint density at radius 3 is 2.59 bits per heavy atom. The monoisotopic (exact) mass is 425 g/mol. The fourth-order valence-electron chi connectivity index (χ4n) is 3.81. The molecule has 0 spiro atoms. The molecule has 0 radical (unpaired) electrons. The van der Waals surface area contributed by atoms with Crippen molar-refractivity contribution < 1.29 is 0 Å². The summed E-state index contributed by atoms with van der Waals surface area (Å²) in [6.07, 6.45) is 5.20. The fraction of sp³-hybridized carbons (Fsp3) is 0.190. The first-order chi connectivity index (χ1) is 14.0. The molecular formula is C21H17Cl2N5O. The lowest BCUT2D eigenvalue weighted by atomic mass is 10.1. The molecule has 2 heterocycles. The summed E-state index contributed by atoms with van der Waals surface area (Å²) in [5.74, 6) is 1.19. The van der Waals surface area contributed by atoms with Gasteiger partial charge in [-0.25, -0.2) is 9.97 Å². The van der Waals surface area contributed by atoms with Crippen molar-refractivity contribution in [2.45, 2.75) is 19.3 Å². The number of hydrogen-bond acceptors (Lipinski definition) is 4. The Bertz CT molecular complexity index is 1350. The van der Waals surface area contributed by atoms with Crippen molar-refractivity contribution in [1.29, 1.82) is 0 Å². The molecule has 8 heteroatoms. The maximum absolute atomic E-state index is 13.0. The van der Waals surface area contributed by atoms with Crippen molar-refractivity contribution in [3.63, 3.8) is 0 Å². The van der Waals surface area contributed by atoms with Gasteiger partial charge in [-0.3, -0.25) is 4.79 Å². The molecule has 5 rings (SSSR count). The first-order valence-electron chi connectivity index (χ1n) is 9.33. The van der Waals surface area contributed by atoms with Gasteiger partial charge in [0.1, 0.15) is 5.82 Å². The van der Waals surface area contributed by atoms with E-state index in [4.69, 9.17) is 28.2 Å². The Labute approximate surface area is 176 Å². The number of hydrogen-bond donors (Lipinski definition) is 2. The van der Waals surface area contributed by atoms with Gasteiger partial charge in [0.25, 0.3) is 5.56 Å². The first kappa shape index (κ1) is 18.2. The van der Waals surface area contributed by atoms with Gasteiger partial charge in [-0.1, -0.05) is 35.3 Å². The molecule has 6 nitrogen and oxygen atoms in total. The number of aromatic nitrogens is 4. The van der Waals surface area contributed by atoms with Gasteiger partial charge in [0, 0.05) is 7.05 Å². The van der Waals surface area contributed by atoms with E-state index in [9.17, 15) is 4.79 Å². The average Bonchev–Trinajstić information content (AvgIpc) is 3.33. The third kappa shape index (κ3) is 2.99. The number of nitrogens with one attached hydrogen (secondary N) is 2. The molecule has 0 aliphatic heterocycles. The molecule has 29 heavy (non-hydrogen) atoms. The number of fused-ring (bicyclic) bond motifs is 3. The molecule has 0 saturated carbocycles. The summed E-state index contributed by atoms with van der Waals surface area (Å²) in [7, 11) is 1.84. The number of aryl methyl sites for hydroxylation is 1. The van der Waals surface area contributed by atoms with E-state index in [1.165, 1.54) is 0 Å². The molecule has 2 N–H and O–H groups in total. The number of aromatic amines is 1. The second-order valence-corrected chi connectivity index (χ2v) is 7.89. The van der Waals surface area contributed by atoms with Crippen molar-refractivity contribution in [2.24, 2.45) is 7.05 Å². The lowest BCUT2D eigenvalue weighted by Gasteiger charge is -2.10. The molecule has 0 amide bonds. The van der Waals surface area contributed by atoms with Gasteiger partial charge in [-0.2, -0.15) is 0 Å². The number of nitrogens with zero attached hydrogens (tertiary/aromatic N) is 3. The Balaban J connectivity index is 1.69. The smallest absolute Gasteiger partial charge is 0.261 e. The summed E-state index contributed by atoms with van der Waals surface area (Å²) < 4.78 is 1.82. The zero-order valence-corrected chi connectivity index (χ0v) is 17.1. The second-order valence-electron chi connectivity index (χ2n) is 7.08. The van der Waals surface area contributed by atoms with E-state index < -0.39 is 0 Å². The summed E-state index contributed by atoms with van der Waals surface area (Å²) in [6, 6.07) is 8.99. The predicted molar refractivity (Wildman–Crippen MR) is 118 cm³/mol. The lowest BCUT2D eigenvalue weighted by Crippen LogP contribution is -2.12.